The van der Waals surface area contributed by atoms with Crippen LogP contribution < -0.4 is 0 Å². The van der Waals surface area contributed by atoms with E-state index in [1.54, 1.807) is 10.9 Å². The standard InChI is InChI=1S/C18H20ClN3O2/c19-15-5-2-1-4-13(15)11-21-12-14(10-20-21)18(23)22-8-9-24-17-7-3-6-16(17)22/h1-2,4-5,10,12,16-17H,3,6-9,11H2/t16-,17-/m0/s1. The van der Waals surface area contributed by atoms with Gasteiger partial charge in [0.15, 0.2) is 0 Å². The molecule has 4 rings (SSSR count). The van der Waals surface area contributed by atoms with Gasteiger partial charge in [0.1, 0.15) is 0 Å². The van der Waals surface area contributed by atoms with Crippen LogP contribution in [0, 0.1) is 0 Å². The molecule has 1 amide bonds. The number of ether oxygens (including phenoxy) is 1. The SMILES string of the molecule is O=C(c1cnn(Cc2ccccc2Cl)c1)N1CCO[C@H]2CCC[C@@H]21. The maximum absolute atomic E-state index is 12.9. The Kier molecular flexibility index (Phi) is 4.29. The average molecular weight is 346 g/mol. The minimum absolute atomic E-state index is 0.0561. The zero-order valence-electron chi connectivity index (χ0n) is 13.4. The highest BCUT2D eigenvalue weighted by Gasteiger charge is 2.38. The van der Waals surface area contributed by atoms with Crippen LogP contribution >= 0.6 is 11.6 Å². The second-order valence-electron chi connectivity index (χ2n) is 6.42. The molecule has 0 N–H and O–H groups in total. The number of amides is 1. The number of rotatable bonds is 3. The second kappa shape index (κ2) is 6.57. The van der Waals surface area contributed by atoms with Crippen molar-refractivity contribution in [1.29, 1.82) is 0 Å². The number of nitrogens with zero attached hydrogens (tertiary/aromatic N) is 3. The summed E-state index contributed by atoms with van der Waals surface area (Å²) in [6, 6.07) is 7.90. The summed E-state index contributed by atoms with van der Waals surface area (Å²) in [7, 11) is 0. The van der Waals surface area contributed by atoms with E-state index in [0.717, 1.165) is 24.8 Å². The van der Waals surface area contributed by atoms with Gasteiger partial charge in [0.2, 0.25) is 0 Å². The summed E-state index contributed by atoms with van der Waals surface area (Å²) in [6.07, 6.45) is 6.89. The number of hydrogen-bond donors (Lipinski definition) is 0. The van der Waals surface area contributed by atoms with Crippen molar-refractivity contribution in [2.24, 2.45) is 0 Å². The number of aromatic nitrogens is 2. The summed E-state index contributed by atoms with van der Waals surface area (Å²) in [5.41, 5.74) is 1.62. The lowest BCUT2D eigenvalue weighted by molar-refractivity contribution is -0.0445. The van der Waals surface area contributed by atoms with E-state index in [0.29, 0.717) is 30.3 Å². The first kappa shape index (κ1) is 15.7. The molecule has 2 atom stereocenters. The van der Waals surface area contributed by atoms with E-state index in [2.05, 4.69) is 5.10 Å². The number of halogens is 1. The van der Waals surface area contributed by atoms with Crippen molar-refractivity contribution in [2.75, 3.05) is 13.2 Å². The maximum Gasteiger partial charge on any atom is 0.257 e. The van der Waals surface area contributed by atoms with Crippen LogP contribution in [0.2, 0.25) is 5.02 Å². The largest absolute Gasteiger partial charge is 0.374 e. The van der Waals surface area contributed by atoms with Gasteiger partial charge in [-0.15, -0.1) is 0 Å². The van der Waals surface area contributed by atoms with E-state index in [1.807, 2.05) is 35.4 Å². The molecule has 6 heteroatoms. The number of carbonyl (C=O) groups excluding carboxylic acids is 1. The molecule has 1 aromatic heterocycles. The normalized spacial score (nSPS) is 23.3. The molecular formula is C18H20ClN3O2. The lowest BCUT2D eigenvalue weighted by Crippen LogP contribution is -2.51. The number of fused-ring (bicyclic) bond motifs is 1. The predicted octanol–water partition coefficient (Wildman–Crippen LogP) is 2.98. The van der Waals surface area contributed by atoms with Gasteiger partial charge in [0.05, 0.1) is 37.1 Å². The maximum atomic E-state index is 12.9. The number of benzene rings is 1. The fraction of sp³-hybridized carbons (Fsp3) is 0.444. The Morgan fingerprint density at radius 2 is 2.21 bits per heavy atom. The van der Waals surface area contributed by atoms with Gasteiger partial charge >= 0.3 is 0 Å². The smallest absolute Gasteiger partial charge is 0.257 e. The molecule has 126 valence electrons. The third-order valence-electron chi connectivity index (χ3n) is 4.91. The number of carbonyl (C=O) groups is 1. The van der Waals surface area contributed by atoms with Gasteiger partial charge in [-0.05, 0) is 30.9 Å². The third kappa shape index (κ3) is 2.94. The average Bonchev–Trinajstić information content (AvgIpc) is 3.25. The highest BCUT2D eigenvalue weighted by atomic mass is 35.5. The fourth-order valence-electron chi connectivity index (χ4n) is 3.71. The second-order valence-corrected chi connectivity index (χ2v) is 6.83. The van der Waals surface area contributed by atoms with Gasteiger partial charge in [-0.2, -0.15) is 5.10 Å². The molecule has 0 bridgehead atoms. The van der Waals surface area contributed by atoms with Crippen LogP contribution in [-0.2, 0) is 11.3 Å². The molecule has 2 fully saturated rings. The first-order valence-electron chi connectivity index (χ1n) is 8.41. The summed E-state index contributed by atoms with van der Waals surface area (Å²) in [5.74, 6) is 0.0561. The highest BCUT2D eigenvalue weighted by molar-refractivity contribution is 6.31. The van der Waals surface area contributed by atoms with Gasteiger partial charge < -0.3 is 9.64 Å². The Labute approximate surface area is 146 Å². The van der Waals surface area contributed by atoms with Crippen molar-refractivity contribution in [1.82, 2.24) is 14.7 Å². The van der Waals surface area contributed by atoms with Crippen LogP contribution in [0.5, 0.6) is 0 Å². The molecular weight excluding hydrogens is 326 g/mol. The van der Waals surface area contributed by atoms with Crippen LogP contribution in [0.15, 0.2) is 36.7 Å². The van der Waals surface area contributed by atoms with Crippen LogP contribution in [-0.4, -0.2) is 45.9 Å². The molecule has 5 nitrogen and oxygen atoms in total. The van der Waals surface area contributed by atoms with E-state index < -0.39 is 0 Å². The topological polar surface area (TPSA) is 47.4 Å². The molecule has 1 aromatic carbocycles. The van der Waals surface area contributed by atoms with Crippen molar-refractivity contribution in [3.05, 3.63) is 52.8 Å². The Morgan fingerprint density at radius 1 is 1.33 bits per heavy atom. The van der Waals surface area contributed by atoms with Crippen LogP contribution in [0.25, 0.3) is 0 Å². The first-order chi connectivity index (χ1) is 11.7. The number of hydrogen-bond acceptors (Lipinski definition) is 3. The molecule has 2 heterocycles. The molecule has 24 heavy (non-hydrogen) atoms. The van der Waals surface area contributed by atoms with E-state index in [-0.39, 0.29) is 18.1 Å². The Bertz CT molecular complexity index is 745. The molecule has 0 spiro atoms. The molecule has 0 radical (unpaired) electrons. The van der Waals surface area contributed by atoms with Crippen molar-refractivity contribution in [3.8, 4) is 0 Å². The Morgan fingerprint density at radius 3 is 3.08 bits per heavy atom. The molecule has 1 aliphatic carbocycles. The summed E-state index contributed by atoms with van der Waals surface area (Å²) in [5, 5.41) is 5.04. The summed E-state index contributed by atoms with van der Waals surface area (Å²) < 4.78 is 7.55. The summed E-state index contributed by atoms with van der Waals surface area (Å²) in [4.78, 5) is 14.8. The van der Waals surface area contributed by atoms with E-state index in [9.17, 15) is 4.79 Å². The van der Waals surface area contributed by atoms with Gasteiger partial charge in [0, 0.05) is 17.8 Å². The first-order valence-corrected chi connectivity index (χ1v) is 8.78. The highest BCUT2D eigenvalue weighted by Crippen LogP contribution is 2.30. The van der Waals surface area contributed by atoms with Crippen LogP contribution in [0.1, 0.15) is 35.2 Å². The quantitative estimate of drug-likeness (QED) is 0.859. The van der Waals surface area contributed by atoms with Crippen molar-refractivity contribution < 1.29 is 9.53 Å². The van der Waals surface area contributed by atoms with E-state index in [1.165, 1.54) is 0 Å². The predicted molar refractivity (Wildman–Crippen MR) is 91.2 cm³/mol. The Hall–Kier alpha value is -1.85. The molecule has 0 unspecified atom stereocenters. The monoisotopic (exact) mass is 345 g/mol. The molecule has 1 saturated carbocycles. The zero-order valence-corrected chi connectivity index (χ0v) is 14.2. The van der Waals surface area contributed by atoms with Gasteiger partial charge in [-0.25, -0.2) is 0 Å². The van der Waals surface area contributed by atoms with Gasteiger partial charge in [-0.3, -0.25) is 9.48 Å². The lowest BCUT2D eigenvalue weighted by Gasteiger charge is -2.37. The van der Waals surface area contributed by atoms with Gasteiger partial charge in [0.25, 0.3) is 5.91 Å². The molecule has 1 saturated heterocycles. The van der Waals surface area contributed by atoms with Crippen LogP contribution in [0.3, 0.4) is 0 Å². The summed E-state index contributed by atoms with van der Waals surface area (Å²) >= 11 is 6.20. The van der Waals surface area contributed by atoms with Crippen molar-refractivity contribution in [3.63, 3.8) is 0 Å². The number of morpholine rings is 1. The van der Waals surface area contributed by atoms with Crippen LogP contribution in [0.4, 0.5) is 0 Å². The van der Waals surface area contributed by atoms with E-state index in [4.69, 9.17) is 16.3 Å². The third-order valence-corrected chi connectivity index (χ3v) is 5.28. The minimum atomic E-state index is 0.0561. The minimum Gasteiger partial charge on any atom is -0.374 e. The molecule has 2 aliphatic rings. The van der Waals surface area contributed by atoms with Crippen molar-refractivity contribution in [2.45, 2.75) is 38.0 Å². The lowest BCUT2D eigenvalue weighted by atomic mass is 10.1. The van der Waals surface area contributed by atoms with E-state index >= 15 is 0 Å². The Balaban J connectivity index is 1.50. The van der Waals surface area contributed by atoms with Gasteiger partial charge in [-0.1, -0.05) is 29.8 Å². The molecule has 1 aliphatic heterocycles. The van der Waals surface area contributed by atoms with Crippen molar-refractivity contribution >= 4 is 17.5 Å². The molecule has 2 aromatic rings. The zero-order chi connectivity index (χ0) is 16.5. The summed E-state index contributed by atoms with van der Waals surface area (Å²) in [6.45, 7) is 1.85. The fourth-order valence-corrected chi connectivity index (χ4v) is 3.90.